The standard InChI is InChI=1S/C23H35N3O6/c1-23(2,3)32-22(30)26-18(13-14-19(24)27)21(29)25-17-11-8-10-16(15-17)9-6-5-7-12-20(28)31-4/h8,10-11,15,18H,5-7,9,12-14H2,1-4H3,(H2,24,27)(H,25,29)(H,26,30). The first-order valence-electron chi connectivity index (χ1n) is 10.7. The molecule has 4 N–H and O–H groups in total. The number of alkyl carbamates (subject to hydrolysis) is 1. The van der Waals surface area contributed by atoms with Gasteiger partial charge in [-0.1, -0.05) is 18.6 Å². The number of aryl methyl sites for hydroxylation is 1. The van der Waals surface area contributed by atoms with E-state index in [0.717, 1.165) is 31.2 Å². The Labute approximate surface area is 189 Å². The van der Waals surface area contributed by atoms with Gasteiger partial charge in [-0.3, -0.25) is 14.4 Å². The quantitative estimate of drug-likeness (QED) is 0.331. The maximum atomic E-state index is 12.8. The number of amides is 3. The molecule has 1 aromatic rings. The van der Waals surface area contributed by atoms with E-state index in [1.54, 1.807) is 26.8 Å². The molecule has 0 spiro atoms. The van der Waals surface area contributed by atoms with Crippen molar-refractivity contribution in [2.75, 3.05) is 12.4 Å². The van der Waals surface area contributed by atoms with E-state index in [-0.39, 0.29) is 18.8 Å². The molecule has 1 rings (SSSR count). The second-order valence-corrected chi connectivity index (χ2v) is 8.53. The highest BCUT2D eigenvalue weighted by Gasteiger charge is 2.25. The normalized spacial score (nSPS) is 11.9. The summed E-state index contributed by atoms with van der Waals surface area (Å²) < 4.78 is 9.83. The lowest BCUT2D eigenvalue weighted by Gasteiger charge is -2.23. The van der Waals surface area contributed by atoms with Gasteiger partial charge in [0.05, 0.1) is 7.11 Å². The molecule has 9 nitrogen and oxygen atoms in total. The summed E-state index contributed by atoms with van der Waals surface area (Å²) in [5.74, 6) is -1.24. The van der Waals surface area contributed by atoms with Gasteiger partial charge in [-0.25, -0.2) is 4.79 Å². The number of hydrogen-bond donors (Lipinski definition) is 3. The van der Waals surface area contributed by atoms with Gasteiger partial charge >= 0.3 is 12.1 Å². The SMILES string of the molecule is COC(=O)CCCCCc1cccc(NC(=O)C(CCC(N)=O)NC(=O)OC(C)(C)C)c1. The first-order valence-corrected chi connectivity index (χ1v) is 10.7. The van der Waals surface area contributed by atoms with Crippen molar-refractivity contribution in [3.05, 3.63) is 29.8 Å². The number of primary amides is 1. The molecule has 0 radical (unpaired) electrons. The fourth-order valence-corrected chi connectivity index (χ4v) is 2.92. The van der Waals surface area contributed by atoms with Crippen molar-refractivity contribution >= 4 is 29.6 Å². The molecular weight excluding hydrogens is 414 g/mol. The molecule has 1 unspecified atom stereocenters. The Bertz CT molecular complexity index is 788. The Kier molecular flexibility index (Phi) is 11.2. The van der Waals surface area contributed by atoms with Crippen LogP contribution in [0.5, 0.6) is 0 Å². The summed E-state index contributed by atoms with van der Waals surface area (Å²) in [4.78, 5) is 47.2. The molecule has 32 heavy (non-hydrogen) atoms. The van der Waals surface area contributed by atoms with Gasteiger partial charge in [-0.05, 0) is 64.2 Å². The fourth-order valence-electron chi connectivity index (χ4n) is 2.92. The van der Waals surface area contributed by atoms with E-state index >= 15 is 0 Å². The van der Waals surface area contributed by atoms with Crippen LogP contribution in [0.15, 0.2) is 24.3 Å². The summed E-state index contributed by atoms with van der Waals surface area (Å²) in [5.41, 5.74) is 6.09. The molecule has 0 aliphatic carbocycles. The summed E-state index contributed by atoms with van der Waals surface area (Å²) in [5, 5.41) is 5.28. The number of methoxy groups -OCH3 is 1. The number of carbonyl (C=O) groups excluding carboxylic acids is 4. The predicted molar refractivity (Wildman–Crippen MR) is 121 cm³/mol. The van der Waals surface area contributed by atoms with Gasteiger partial charge in [0, 0.05) is 18.5 Å². The van der Waals surface area contributed by atoms with Crippen LogP contribution in [0.4, 0.5) is 10.5 Å². The molecule has 3 amide bonds. The van der Waals surface area contributed by atoms with Gasteiger partial charge in [0.1, 0.15) is 11.6 Å². The monoisotopic (exact) mass is 449 g/mol. The molecule has 0 aliphatic rings. The Hall–Kier alpha value is -3.10. The number of nitrogens with two attached hydrogens (primary N) is 1. The number of ether oxygens (including phenoxy) is 2. The van der Waals surface area contributed by atoms with Gasteiger partial charge < -0.3 is 25.8 Å². The molecule has 1 aromatic carbocycles. The zero-order chi connectivity index (χ0) is 24.1. The van der Waals surface area contributed by atoms with Gasteiger partial charge in [0.2, 0.25) is 11.8 Å². The van der Waals surface area contributed by atoms with E-state index in [2.05, 4.69) is 15.4 Å². The highest BCUT2D eigenvalue weighted by molar-refractivity contribution is 5.96. The topological polar surface area (TPSA) is 137 Å². The van der Waals surface area contributed by atoms with E-state index in [9.17, 15) is 19.2 Å². The van der Waals surface area contributed by atoms with Crippen LogP contribution in [0, 0.1) is 0 Å². The minimum absolute atomic E-state index is 0.0558. The lowest BCUT2D eigenvalue weighted by Crippen LogP contribution is -2.46. The summed E-state index contributed by atoms with van der Waals surface area (Å²) in [6, 6.07) is 6.42. The second-order valence-electron chi connectivity index (χ2n) is 8.53. The lowest BCUT2D eigenvalue weighted by molar-refractivity contribution is -0.140. The number of hydrogen-bond acceptors (Lipinski definition) is 6. The molecule has 1 atom stereocenters. The molecule has 0 bridgehead atoms. The highest BCUT2D eigenvalue weighted by Crippen LogP contribution is 2.15. The Morgan fingerprint density at radius 2 is 1.78 bits per heavy atom. The Balaban J connectivity index is 2.67. The van der Waals surface area contributed by atoms with Crippen LogP contribution < -0.4 is 16.4 Å². The minimum Gasteiger partial charge on any atom is -0.469 e. The molecule has 0 saturated carbocycles. The van der Waals surface area contributed by atoms with E-state index < -0.39 is 29.6 Å². The van der Waals surface area contributed by atoms with Crippen molar-refractivity contribution in [3.8, 4) is 0 Å². The van der Waals surface area contributed by atoms with Crippen molar-refractivity contribution in [2.45, 2.75) is 77.4 Å². The zero-order valence-electron chi connectivity index (χ0n) is 19.4. The number of nitrogens with one attached hydrogen (secondary N) is 2. The molecule has 0 heterocycles. The van der Waals surface area contributed by atoms with E-state index in [1.165, 1.54) is 7.11 Å². The molecule has 178 valence electrons. The van der Waals surface area contributed by atoms with Crippen LogP contribution >= 0.6 is 0 Å². The van der Waals surface area contributed by atoms with Crippen molar-refractivity contribution < 1.29 is 28.7 Å². The third-order valence-electron chi connectivity index (χ3n) is 4.46. The van der Waals surface area contributed by atoms with Gasteiger partial charge in [-0.15, -0.1) is 0 Å². The van der Waals surface area contributed by atoms with Crippen molar-refractivity contribution in [3.63, 3.8) is 0 Å². The van der Waals surface area contributed by atoms with E-state index in [4.69, 9.17) is 10.5 Å². The van der Waals surface area contributed by atoms with E-state index in [0.29, 0.717) is 12.1 Å². The number of rotatable bonds is 12. The number of benzene rings is 1. The first-order chi connectivity index (χ1) is 15.0. The van der Waals surface area contributed by atoms with Gasteiger partial charge in [0.15, 0.2) is 0 Å². The number of unbranched alkanes of at least 4 members (excludes halogenated alkanes) is 2. The molecule has 9 heteroatoms. The summed E-state index contributed by atoms with van der Waals surface area (Å²) in [7, 11) is 1.38. The maximum absolute atomic E-state index is 12.8. The second kappa shape index (κ2) is 13.3. The van der Waals surface area contributed by atoms with Gasteiger partial charge in [-0.2, -0.15) is 0 Å². The van der Waals surface area contributed by atoms with Gasteiger partial charge in [0.25, 0.3) is 0 Å². The first kappa shape index (κ1) is 26.9. The molecule has 0 fully saturated rings. The van der Waals surface area contributed by atoms with Crippen LogP contribution in [0.1, 0.15) is 64.9 Å². The third kappa shape index (κ3) is 11.9. The average molecular weight is 450 g/mol. The third-order valence-corrected chi connectivity index (χ3v) is 4.46. The van der Waals surface area contributed by atoms with Crippen LogP contribution in [0.3, 0.4) is 0 Å². The number of esters is 1. The number of anilines is 1. The smallest absolute Gasteiger partial charge is 0.408 e. The van der Waals surface area contributed by atoms with Crippen molar-refractivity contribution in [2.24, 2.45) is 5.73 Å². The van der Waals surface area contributed by atoms with Crippen LogP contribution in [0.25, 0.3) is 0 Å². The van der Waals surface area contributed by atoms with Crippen molar-refractivity contribution in [1.29, 1.82) is 0 Å². The Morgan fingerprint density at radius 3 is 2.41 bits per heavy atom. The largest absolute Gasteiger partial charge is 0.469 e. The average Bonchev–Trinajstić information content (AvgIpc) is 2.69. The molecule has 0 aliphatic heterocycles. The summed E-state index contributed by atoms with van der Waals surface area (Å²) >= 11 is 0. The lowest BCUT2D eigenvalue weighted by atomic mass is 10.1. The molecular formula is C23H35N3O6. The van der Waals surface area contributed by atoms with Crippen LogP contribution in [0.2, 0.25) is 0 Å². The highest BCUT2D eigenvalue weighted by atomic mass is 16.6. The van der Waals surface area contributed by atoms with Crippen LogP contribution in [-0.4, -0.2) is 42.6 Å². The van der Waals surface area contributed by atoms with E-state index in [1.807, 2.05) is 18.2 Å². The maximum Gasteiger partial charge on any atom is 0.408 e. The summed E-state index contributed by atoms with van der Waals surface area (Å²) in [6.45, 7) is 5.14. The fraction of sp³-hybridized carbons (Fsp3) is 0.565. The van der Waals surface area contributed by atoms with Crippen molar-refractivity contribution in [1.82, 2.24) is 5.32 Å². The zero-order valence-corrected chi connectivity index (χ0v) is 19.4. The number of carbonyl (C=O) groups is 4. The summed E-state index contributed by atoms with van der Waals surface area (Å²) in [6.07, 6.45) is 3.01. The minimum atomic E-state index is -0.973. The van der Waals surface area contributed by atoms with Crippen LogP contribution in [-0.2, 0) is 30.3 Å². The molecule has 0 aromatic heterocycles. The predicted octanol–water partition coefficient (Wildman–Crippen LogP) is 3.06. The Morgan fingerprint density at radius 1 is 1.06 bits per heavy atom. The molecule has 0 saturated heterocycles.